The Morgan fingerprint density at radius 3 is 2.58 bits per heavy atom. The average Bonchev–Trinajstić information content (AvgIpc) is 2.81. The van der Waals surface area contributed by atoms with Crippen LogP contribution in [0.4, 0.5) is 5.95 Å². The van der Waals surface area contributed by atoms with Crippen molar-refractivity contribution in [1.82, 2.24) is 19.9 Å². The van der Waals surface area contributed by atoms with Gasteiger partial charge in [-0.1, -0.05) is 12.5 Å². The molecule has 0 aliphatic carbocycles. The zero-order chi connectivity index (χ0) is 23.5. The van der Waals surface area contributed by atoms with E-state index in [4.69, 9.17) is 9.72 Å². The third kappa shape index (κ3) is 4.86. The zero-order valence-corrected chi connectivity index (χ0v) is 20.7. The number of anilines is 1. The van der Waals surface area contributed by atoms with Gasteiger partial charge in [0, 0.05) is 44.8 Å². The molecule has 3 aromatic rings. The number of aryl methyl sites for hydroxylation is 3. The predicted molar refractivity (Wildman–Crippen MR) is 134 cm³/mol. The Kier molecular flexibility index (Phi) is 6.94. The zero-order valence-electron chi connectivity index (χ0n) is 20.7. The number of hydrogen-bond acceptors (Lipinski definition) is 6. The van der Waals surface area contributed by atoms with E-state index in [0.717, 1.165) is 53.6 Å². The molecule has 6 heteroatoms. The van der Waals surface area contributed by atoms with Crippen molar-refractivity contribution in [3.63, 3.8) is 0 Å². The fourth-order valence-electron chi connectivity index (χ4n) is 4.79. The van der Waals surface area contributed by atoms with Crippen LogP contribution in [0.5, 0.6) is 5.75 Å². The Morgan fingerprint density at radius 1 is 1.03 bits per heavy atom. The van der Waals surface area contributed by atoms with Gasteiger partial charge >= 0.3 is 0 Å². The van der Waals surface area contributed by atoms with E-state index in [1.54, 1.807) is 7.11 Å². The van der Waals surface area contributed by atoms with E-state index in [0.29, 0.717) is 0 Å². The van der Waals surface area contributed by atoms with Gasteiger partial charge in [-0.2, -0.15) is 0 Å². The van der Waals surface area contributed by atoms with Crippen molar-refractivity contribution in [2.75, 3.05) is 32.6 Å². The van der Waals surface area contributed by atoms with Gasteiger partial charge in [-0.25, -0.2) is 9.97 Å². The highest BCUT2D eigenvalue weighted by Gasteiger charge is 2.29. The van der Waals surface area contributed by atoms with Crippen LogP contribution in [-0.4, -0.2) is 47.6 Å². The van der Waals surface area contributed by atoms with Crippen LogP contribution in [0.2, 0.25) is 0 Å². The first-order valence-corrected chi connectivity index (χ1v) is 11.7. The number of benzene rings is 1. The van der Waals surface area contributed by atoms with Gasteiger partial charge in [0.25, 0.3) is 0 Å². The summed E-state index contributed by atoms with van der Waals surface area (Å²) in [6.07, 6.45) is 9.28. The summed E-state index contributed by atoms with van der Waals surface area (Å²) in [6.45, 7) is 8.36. The molecule has 0 unspecified atom stereocenters. The molecule has 0 radical (unpaired) electrons. The molecule has 3 heterocycles. The van der Waals surface area contributed by atoms with Crippen molar-refractivity contribution in [2.24, 2.45) is 0 Å². The number of likely N-dealkylation sites (tertiary alicyclic amines) is 1. The van der Waals surface area contributed by atoms with E-state index < -0.39 is 0 Å². The minimum absolute atomic E-state index is 0.241. The van der Waals surface area contributed by atoms with Gasteiger partial charge in [0.05, 0.1) is 18.8 Å². The molecule has 6 nitrogen and oxygen atoms in total. The second-order valence-corrected chi connectivity index (χ2v) is 9.28. The number of hydrogen-bond donors (Lipinski definition) is 0. The van der Waals surface area contributed by atoms with Gasteiger partial charge in [-0.05, 0) is 80.1 Å². The van der Waals surface area contributed by atoms with Gasteiger partial charge < -0.3 is 9.64 Å². The molecule has 0 saturated carbocycles. The van der Waals surface area contributed by atoms with Crippen molar-refractivity contribution < 1.29 is 4.74 Å². The molecular weight excluding hydrogens is 410 g/mol. The molecule has 0 bridgehead atoms. The molecule has 0 amide bonds. The van der Waals surface area contributed by atoms with Crippen molar-refractivity contribution >= 4 is 5.95 Å². The summed E-state index contributed by atoms with van der Waals surface area (Å²) in [6, 6.07) is 6.75. The summed E-state index contributed by atoms with van der Waals surface area (Å²) in [5, 5.41) is 0. The monoisotopic (exact) mass is 445 g/mol. The van der Waals surface area contributed by atoms with Gasteiger partial charge in [-0.3, -0.25) is 9.88 Å². The van der Waals surface area contributed by atoms with Crippen LogP contribution < -0.4 is 9.64 Å². The fourth-order valence-corrected chi connectivity index (χ4v) is 4.79. The number of methoxy groups -OCH3 is 1. The standard InChI is InChI=1S/C27H35N5O/c1-18-14-25(33-6)19(2)13-21(18)17-32-12-8-7-9-24(32)26-23(16-29-27(30-26)31(4)5)22-10-11-28-15-20(22)3/h10-11,13-16,24H,7-9,12,17H2,1-6H3/t24-/m0/s1. The third-order valence-electron chi connectivity index (χ3n) is 6.67. The molecule has 1 saturated heterocycles. The first-order valence-electron chi connectivity index (χ1n) is 11.7. The smallest absolute Gasteiger partial charge is 0.225 e. The lowest BCUT2D eigenvalue weighted by molar-refractivity contribution is 0.137. The Labute approximate surface area is 197 Å². The molecule has 174 valence electrons. The van der Waals surface area contributed by atoms with Crippen LogP contribution in [0, 0.1) is 20.8 Å². The van der Waals surface area contributed by atoms with E-state index in [1.807, 2.05) is 37.6 Å². The number of piperidine rings is 1. The number of pyridine rings is 1. The molecule has 1 aliphatic rings. The van der Waals surface area contributed by atoms with Crippen LogP contribution in [0.1, 0.15) is 53.3 Å². The fraction of sp³-hybridized carbons (Fsp3) is 0.444. The van der Waals surface area contributed by atoms with Crippen LogP contribution in [0.25, 0.3) is 11.1 Å². The van der Waals surface area contributed by atoms with Crippen molar-refractivity contribution in [3.05, 3.63) is 64.7 Å². The van der Waals surface area contributed by atoms with Gasteiger partial charge in [-0.15, -0.1) is 0 Å². The average molecular weight is 446 g/mol. The summed E-state index contributed by atoms with van der Waals surface area (Å²) in [4.78, 5) is 18.6. The van der Waals surface area contributed by atoms with E-state index >= 15 is 0 Å². The summed E-state index contributed by atoms with van der Waals surface area (Å²) >= 11 is 0. The highest BCUT2D eigenvalue weighted by atomic mass is 16.5. The maximum Gasteiger partial charge on any atom is 0.225 e. The minimum Gasteiger partial charge on any atom is -0.496 e. The molecule has 4 rings (SSSR count). The maximum atomic E-state index is 5.53. The molecule has 0 spiro atoms. The van der Waals surface area contributed by atoms with Gasteiger partial charge in [0.15, 0.2) is 0 Å². The molecule has 1 aromatic carbocycles. The normalized spacial score (nSPS) is 16.6. The highest BCUT2D eigenvalue weighted by Crippen LogP contribution is 2.38. The lowest BCUT2D eigenvalue weighted by Gasteiger charge is -2.37. The van der Waals surface area contributed by atoms with Crippen molar-refractivity contribution in [2.45, 2.75) is 52.6 Å². The Bertz CT molecular complexity index is 1130. The lowest BCUT2D eigenvalue weighted by atomic mass is 9.92. The second kappa shape index (κ2) is 9.87. The van der Waals surface area contributed by atoms with Gasteiger partial charge in [0.2, 0.25) is 5.95 Å². The summed E-state index contributed by atoms with van der Waals surface area (Å²) < 4.78 is 5.53. The van der Waals surface area contributed by atoms with Crippen LogP contribution in [0.15, 0.2) is 36.8 Å². The van der Waals surface area contributed by atoms with E-state index in [-0.39, 0.29) is 6.04 Å². The highest BCUT2D eigenvalue weighted by molar-refractivity contribution is 5.69. The Balaban J connectivity index is 1.77. The molecule has 0 N–H and O–H groups in total. The summed E-state index contributed by atoms with van der Waals surface area (Å²) in [5.74, 6) is 1.70. The van der Waals surface area contributed by atoms with Crippen molar-refractivity contribution in [1.29, 1.82) is 0 Å². The summed E-state index contributed by atoms with van der Waals surface area (Å²) in [5.41, 5.74) is 8.32. The van der Waals surface area contributed by atoms with E-state index in [1.165, 1.54) is 29.5 Å². The number of rotatable bonds is 6. The Morgan fingerprint density at radius 2 is 1.85 bits per heavy atom. The third-order valence-corrected chi connectivity index (χ3v) is 6.67. The SMILES string of the molecule is COc1cc(C)c(CN2CCCC[C@H]2c2nc(N(C)C)ncc2-c2ccncc2C)cc1C. The Hall–Kier alpha value is -2.99. The molecule has 1 atom stereocenters. The molecule has 2 aromatic heterocycles. The van der Waals surface area contributed by atoms with Gasteiger partial charge in [0.1, 0.15) is 5.75 Å². The van der Waals surface area contributed by atoms with Crippen LogP contribution in [-0.2, 0) is 6.54 Å². The maximum absolute atomic E-state index is 5.53. The molecular formula is C27H35N5O. The molecule has 33 heavy (non-hydrogen) atoms. The number of ether oxygens (including phenoxy) is 1. The quantitative estimate of drug-likeness (QED) is 0.515. The minimum atomic E-state index is 0.241. The first-order chi connectivity index (χ1) is 15.9. The number of aromatic nitrogens is 3. The molecule has 1 fully saturated rings. The molecule has 1 aliphatic heterocycles. The van der Waals surface area contributed by atoms with Crippen LogP contribution >= 0.6 is 0 Å². The number of nitrogens with zero attached hydrogens (tertiary/aromatic N) is 5. The largest absolute Gasteiger partial charge is 0.496 e. The predicted octanol–water partition coefficient (Wildman–Crippen LogP) is 5.27. The summed E-state index contributed by atoms with van der Waals surface area (Å²) in [7, 11) is 5.74. The van der Waals surface area contributed by atoms with E-state index in [2.05, 4.69) is 53.8 Å². The topological polar surface area (TPSA) is 54.4 Å². The second-order valence-electron chi connectivity index (χ2n) is 9.28. The van der Waals surface area contributed by atoms with E-state index in [9.17, 15) is 0 Å². The lowest BCUT2D eigenvalue weighted by Crippen LogP contribution is -2.34. The van der Waals surface area contributed by atoms with Crippen LogP contribution in [0.3, 0.4) is 0 Å². The first kappa shape index (κ1) is 23.2. The van der Waals surface area contributed by atoms with Crippen molar-refractivity contribution in [3.8, 4) is 16.9 Å².